The van der Waals surface area contributed by atoms with Gasteiger partial charge in [-0.3, -0.25) is 4.79 Å². The lowest BCUT2D eigenvalue weighted by molar-refractivity contribution is -0.143. The molecule has 16 heavy (non-hydrogen) atoms. The third kappa shape index (κ3) is 3.95. The molecule has 5 nitrogen and oxygen atoms in total. The summed E-state index contributed by atoms with van der Waals surface area (Å²) < 4.78 is 21.8. The summed E-state index contributed by atoms with van der Waals surface area (Å²) in [4.78, 5) is 10.9. The molecule has 2 atom stereocenters. The van der Waals surface area contributed by atoms with E-state index in [2.05, 4.69) is 0 Å². The summed E-state index contributed by atoms with van der Waals surface area (Å²) in [6, 6.07) is 0. The lowest BCUT2D eigenvalue weighted by atomic mass is 10.0. The molecule has 0 aromatic rings. The number of rotatable bonds is 5. The number of thioether (sulfide) groups is 1. The topological polar surface area (TPSA) is 97.5 Å². The minimum atomic E-state index is -2.93. The first-order valence-electron chi connectivity index (χ1n) is 5.04. The van der Waals surface area contributed by atoms with E-state index in [1.165, 1.54) is 18.0 Å². The Morgan fingerprint density at radius 1 is 1.62 bits per heavy atom. The summed E-state index contributed by atoms with van der Waals surface area (Å²) in [7, 11) is -2.93. The minimum absolute atomic E-state index is 0.138. The van der Waals surface area contributed by atoms with Gasteiger partial charge in [0.25, 0.3) is 0 Å². The van der Waals surface area contributed by atoms with Crippen molar-refractivity contribution < 1.29 is 18.3 Å². The monoisotopic (exact) mass is 267 g/mol. The van der Waals surface area contributed by atoms with Crippen molar-refractivity contribution in [1.29, 1.82) is 0 Å². The van der Waals surface area contributed by atoms with Gasteiger partial charge in [0, 0.05) is 17.3 Å². The normalized spacial score (nSPS) is 30.5. The van der Waals surface area contributed by atoms with Gasteiger partial charge in [-0.1, -0.05) is 0 Å². The van der Waals surface area contributed by atoms with Crippen LogP contribution in [0.2, 0.25) is 0 Å². The number of aliphatic carboxylic acids is 1. The Morgan fingerprint density at radius 2 is 2.25 bits per heavy atom. The van der Waals surface area contributed by atoms with E-state index in [9.17, 15) is 13.2 Å². The number of carboxylic acid groups (broad SMARTS) is 1. The Labute approximate surface area is 99.7 Å². The van der Waals surface area contributed by atoms with Gasteiger partial charge in [0.2, 0.25) is 0 Å². The van der Waals surface area contributed by atoms with Crippen LogP contribution >= 0.6 is 11.8 Å². The van der Waals surface area contributed by atoms with Crippen LogP contribution in [0.25, 0.3) is 0 Å². The van der Waals surface area contributed by atoms with E-state index in [1.807, 2.05) is 0 Å². The molecule has 0 bridgehead atoms. The Kier molecular flexibility index (Phi) is 4.25. The maximum absolute atomic E-state index is 10.9. The van der Waals surface area contributed by atoms with Gasteiger partial charge in [0.05, 0.1) is 5.75 Å². The van der Waals surface area contributed by atoms with Gasteiger partial charge in [-0.15, -0.1) is 0 Å². The Balaban J connectivity index is 2.35. The Hall–Kier alpha value is -0.270. The van der Waals surface area contributed by atoms with Crippen molar-refractivity contribution in [3.63, 3.8) is 0 Å². The van der Waals surface area contributed by atoms with Crippen LogP contribution < -0.4 is 5.73 Å². The lowest BCUT2D eigenvalue weighted by Crippen LogP contribution is -2.45. The van der Waals surface area contributed by atoms with Crippen molar-refractivity contribution in [1.82, 2.24) is 0 Å². The Bertz CT molecular complexity index is 368. The molecule has 3 N–H and O–H groups in total. The second kappa shape index (κ2) is 4.93. The summed E-state index contributed by atoms with van der Waals surface area (Å²) in [5.74, 6) is -0.309. The van der Waals surface area contributed by atoms with E-state index in [0.717, 1.165) is 6.42 Å². The molecular weight excluding hydrogens is 250 g/mol. The highest BCUT2D eigenvalue weighted by molar-refractivity contribution is 8.01. The molecule has 0 spiro atoms. The summed E-state index contributed by atoms with van der Waals surface area (Å²) in [5, 5.41) is 9.08. The minimum Gasteiger partial charge on any atom is -0.480 e. The first-order chi connectivity index (χ1) is 7.23. The van der Waals surface area contributed by atoms with Gasteiger partial charge in [-0.2, -0.15) is 11.8 Å². The third-order valence-electron chi connectivity index (χ3n) is 2.74. The number of sulfone groups is 1. The quantitative estimate of drug-likeness (QED) is 0.733. The molecule has 0 saturated heterocycles. The molecular formula is C9H17NO4S2. The molecule has 1 saturated carbocycles. The molecule has 0 heterocycles. The standard InChI is InChI=1S/C9H17NO4S2/c1-16(13,14)5-4-15-7-2-3-9(10,6-7)8(11)12/h7H,2-6,10H2,1H3,(H,11,12). The van der Waals surface area contributed by atoms with Crippen molar-refractivity contribution in [3.05, 3.63) is 0 Å². The fourth-order valence-electron chi connectivity index (χ4n) is 1.73. The molecule has 7 heteroatoms. The van der Waals surface area contributed by atoms with Crippen LogP contribution in [0.4, 0.5) is 0 Å². The van der Waals surface area contributed by atoms with Crippen LogP contribution in [0.15, 0.2) is 0 Å². The van der Waals surface area contributed by atoms with Crippen molar-refractivity contribution >= 4 is 27.6 Å². The van der Waals surface area contributed by atoms with Gasteiger partial charge in [0.1, 0.15) is 15.4 Å². The zero-order chi connectivity index (χ0) is 12.4. The molecule has 0 aliphatic heterocycles. The van der Waals surface area contributed by atoms with E-state index >= 15 is 0 Å². The molecule has 0 amide bonds. The van der Waals surface area contributed by atoms with E-state index in [-0.39, 0.29) is 11.0 Å². The fourth-order valence-corrected chi connectivity index (χ4v) is 4.36. The molecule has 0 aromatic heterocycles. The van der Waals surface area contributed by atoms with Gasteiger partial charge < -0.3 is 10.8 Å². The van der Waals surface area contributed by atoms with Crippen molar-refractivity contribution in [2.75, 3.05) is 17.8 Å². The zero-order valence-electron chi connectivity index (χ0n) is 9.18. The zero-order valence-corrected chi connectivity index (χ0v) is 10.8. The summed E-state index contributed by atoms with van der Waals surface area (Å²) in [5.41, 5.74) is 4.61. The third-order valence-corrected chi connectivity index (χ3v) is 5.26. The van der Waals surface area contributed by atoms with E-state index in [0.29, 0.717) is 18.6 Å². The number of hydrogen-bond acceptors (Lipinski definition) is 5. The molecule has 1 fully saturated rings. The predicted octanol–water partition coefficient (Wildman–Crippen LogP) is 0.0988. The molecule has 0 radical (unpaired) electrons. The average molecular weight is 267 g/mol. The van der Waals surface area contributed by atoms with Gasteiger partial charge >= 0.3 is 5.97 Å². The lowest BCUT2D eigenvalue weighted by Gasteiger charge is -2.17. The van der Waals surface area contributed by atoms with Gasteiger partial charge in [-0.05, 0) is 19.3 Å². The average Bonchev–Trinajstić information content (AvgIpc) is 2.47. The fraction of sp³-hybridized carbons (Fsp3) is 0.889. The highest BCUT2D eigenvalue weighted by Crippen LogP contribution is 2.35. The second-order valence-corrected chi connectivity index (χ2v) is 7.99. The first kappa shape index (κ1) is 13.8. The predicted molar refractivity (Wildman–Crippen MR) is 64.4 cm³/mol. The van der Waals surface area contributed by atoms with Gasteiger partial charge in [0.15, 0.2) is 0 Å². The molecule has 0 aromatic carbocycles. The number of nitrogens with two attached hydrogens (primary N) is 1. The molecule has 2 unspecified atom stereocenters. The smallest absolute Gasteiger partial charge is 0.323 e. The van der Waals surface area contributed by atoms with Crippen LogP contribution in [0.5, 0.6) is 0 Å². The molecule has 94 valence electrons. The van der Waals surface area contributed by atoms with E-state index in [4.69, 9.17) is 10.8 Å². The van der Waals surface area contributed by atoms with Crippen LogP contribution in [-0.2, 0) is 14.6 Å². The maximum atomic E-state index is 10.9. The van der Waals surface area contributed by atoms with Crippen molar-refractivity contribution in [2.45, 2.75) is 30.1 Å². The number of hydrogen-bond donors (Lipinski definition) is 2. The van der Waals surface area contributed by atoms with Crippen molar-refractivity contribution in [2.24, 2.45) is 5.73 Å². The van der Waals surface area contributed by atoms with Crippen LogP contribution in [0.1, 0.15) is 19.3 Å². The first-order valence-corrected chi connectivity index (χ1v) is 8.15. The largest absolute Gasteiger partial charge is 0.480 e. The second-order valence-electron chi connectivity index (χ2n) is 4.33. The number of carboxylic acids is 1. The highest BCUT2D eigenvalue weighted by atomic mass is 32.2. The molecule has 1 aliphatic rings. The maximum Gasteiger partial charge on any atom is 0.323 e. The highest BCUT2D eigenvalue weighted by Gasteiger charge is 2.42. The van der Waals surface area contributed by atoms with E-state index in [1.54, 1.807) is 0 Å². The van der Waals surface area contributed by atoms with Crippen LogP contribution in [-0.4, -0.2) is 48.0 Å². The summed E-state index contributed by atoms with van der Waals surface area (Å²) in [6.07, 6.45) is 2.85. The SMILES string of the molecule is CS(=O)(=O)CCSC1CCC(N)(C(=O)O)C1. The summed E-state index contributed by atoms with van der Waals surface area (Å²) >= 11 is 1.51. The Morgan fingerprint density at radius 3 is 2.69 bits per heavy atom. The molecule has 1 rings (SSSR count). The van der Waals surface area contributed by atoms with Crippen LogP contribution in [0, 0.1) is 0 Å². The van der Waals surface area contributed by atoms with Gasteiger partial charge in [-0.25, -0.2) is 8.42 Å². The number of carbonyl (C=O) groups is 1. The van der Waals surface area contributed by atoms with Crippen molar-refractivity contribution in [3.8, 4) is 0 Å². The molecule has 1 aliphatic carbocycles. The van der Waals surface area contributed by atoms with Crippen LogP contribution in [0.3, 0.4) is 0 Å². The van der Waals surface area contributed by atoms with E-state index < -0.39 is 21.3 Å². The summed E-state index contributed by atoms with van der Waals surface area (Å²) in [6.45, 7) is 0.